The largest absolute Gasteiger partial charge is 0.497 e. The van der Waals surface area contributed by atoms with Gasteiger partial charge in [-0.25, -0.2) is 4.68 Å². The molecular formula is C11H11Br2N3O. The van der Waals surface area contributed by atoms with Crippen molar-refractivity contribution in [1.82, 2.24) is 15.0 Å². The minimum absolute atomic E-state index is 0.664. The van der Waals surface area contributed by atoms with Gasteiger partial charge in [-0.05, 0) is 23.8 Å². The van der Waals surface area contributed by atoms with Crippen molar-refractivity contribution in [2.24, 2.45) is 0 Å². The van der Waals surface area contributed by atoms with Gasteiger partial charge < -0.3 is 4.74 Å². The molecule has 90 valence electrons. The van der Waals surface area contributed by atoms with Crippen LogP contribution in [0.1, 0.15) is 11.3 Å². The third kappa shape index (κ3) is 3.07. The number of ether oxygens (including phenoxy) is 1. The zero-order valence-electron chi connectivity index (χ0n) is 9.23. The Bertz CT molecular complexity index is 513. The molecule has 0 aliphatic rings. The summed E-state index contributed by atoms with van der Waals surface area (Å²) >= 11 is 6.86. The van der Waals surface area contributed by atoms with E-state index in [2.05, 4.69) is 42.2 Å². The molecule has 0 unspecified atom stereocenters. The van der Waals surface area contributed by atoms with E-state index in [0.29, 0.717) is 11.9 Å². The van der Waals surface area contributed by atoms with Crippen molar-refractivity contribution in [2.45, 2.75) is 11.9 Å². The minimum Gasteiger partial charge on any atom is -0.497 e. The van der Waals surface area contributed by atoms with Crippen molar-refractivity contribution in [2.75, 3.05) is 7.11 Å². The van der Waals surface area contributed by atoms with Gasteiger partial charge in [-0.2, -0.15) is 0 Å². The summed E-state index contributed by atoms with van der Waals surface area (Å²) in [7, 11) is 1.66. The zero-order chi connectivity index (χ0) is 12.3. The van der Waals surface area contributed by atoms with E-state index >= 15 is 0 Å². The molecule has 0 saturated carbocycles. The standard InChI is InChI=1S/C11H11Br2N3O/c1-17-10-2-3-11(13)8(4-10)6-16-7-9(5-12)14-15-16/h2-4,7H,5-6H2,1H3. The fourth-order valence-corrected chi connectivity index (χ4v) is 2.08. The lowest BCUT2D eigenvalue weighted by molar-refractivity contribution is 0.414. The van der Waals surface area contributed by atoms with Crippen molar-refractivity contribution in [3.05, 3.63) is 40.1 Å². The number of benzene rings is 1. The molecule has 2 aromatic rings. The van der Waals surface area contributed by atoms with Crippen LogP contribution in [-0.2, 0) is 11.9 Å². The molecule has 4 nitrogen and oxygen atoms in total. The number of nitrogens with zero attached hydrogens (tertiary/aromatic N) is 3. The van der Waals surface area contributed by atoms with E-state index in [1.165, 1.54) is 0 Å². The average molecular weight is 361 g/mol. The Kier molecular flexibility index (Phi) is 4.17. The fourth-order valence-electron chi connectivity index (χ4n) is 1.45. The summed E-state index contributed by atoms with van der Waals surface area (Å²) in [6.07, 6.45) is 1.92. The van der Waals surface area contributed by atoms with Gasteiger partial charge in [0.15, 0.2) is 0 Å². The molecule has 0 bridgehead atoms. The topological polar surface area (TPSA) is 39.9 Å². The molecular weight excluding hydrogens is 350 g/mol. The van der Waals surface area contributed by atoms with E-state index in [4.69, 9.17) is 4.74 Å². The molecule has 0 radical (unpaired) electrons. The molecule has 0 amide bonds. The van der Waals surface area contributed by atoms with Crippen LogP contribution < -0.4 is 4.74 Å². The second-order valence-electron chi connectivity index (χ2n) is 3.50. The first kappa shape index (κ1) is 12.6. The van der Waals surface area contributed by atoms with Gasteiger partial charge in [0.05, 0.1) is 19.3 Å². The lowest BCUT2D eigenvalue weighted by Crippen LogP contribution is -2.01. The first-order valence-corrected chi connectivity index (χ1v) is 6.91. The van der Waals surface area contributed by atoms with Gasteiger partial charge in [0.25, 0.3) is 0 Å². The van der Waals surface area contributed by atoms with E-state index in [9.17, 15) is 0 Å². The number of hydrogen-bond acceptors (Lipinski definition) is 3. The summed E-state index contributed by atoms with van der Waals surface area (Å²) in [4.78, 5) is 0. The van der Waals surface area contributed by atoms with E-state index < -0.39 is 0 Å². The molecule has 6 heteroatoms. The Morgan fingerprint density at radius 1 is 1.41 bits per heavy atom. The summed E-state index contributed by atoms with van der Waals surface area (Å²) in [5.41, 5.74) is 2.03. The first-order valence-electron chi connectivity index (χ1n) is 5.00. The molecule has 1 aromatic carbocycles. The van der Waals surface area contributed by atoms with Gasteiger partial charge in [-0.1, -0.05) is 37.1 Å². The van der Waals surface area contributed by atoms with Crippen molar-refractivity contribution in [1.29, 1.82) is 0 Å². The van der Waals surface area contributed by atoms with Crippen LogP contribution in [0.5, 0.6) is 5.75 Å². The van der Waals surface area contributed by atoms with Gasteiger partial charge in [-0.3, -0.25) is 0 Å². The van der Waals surface area contributed by atoms with Crippen LogP contribution in [0.2, 0.25) is 0 Å². The third-order valence-electron chi connectivity index (χ3n) is 2.31. The Morgan fingerprint density at radius 2 is 2.24 bits per heavy atom. The van der Waals surface area contributed by atoms with Crippen LogP contribution in [0.25, 0.3) is 0 Å². The maximum absolute atomic E-state index is 5.20. The molecule has 0 aliphatic carbocycles. The molecule has 0 aliphatic heterocycles. The lowest BCUT2D eigenvalue weighted by atomic mass is 10.2. The summed E-state index contributed by atoms with van der Waals surface area (Å²) < 4.78 is 8.04. The van der Waals surface area contributed by atoms with E-state index in [1.807, 2.05) is 24.4 Å². The van der Waals surface area contributed by atoms with Crippen LogP contribution in [0.15, 0.2) is 28.9 Å². The molecule has 0 spiro atoms. The fraction of sp³-hybridized carbons (Fsp3) is 0.273. The van der Waals surface area contributed by atoms with Crippen molar-refractivity contribution in [3.63, 3.8) is 0 Å². The molecule has 0 N–H and O–H groups in total. The number of aromatic nitrogens is 3. The van der Waals surface area contributed by atoms with Crippen LogP contribution in [0.3, 0.4) is 0 Å². The molecule has 1 aromatic heterocycles. The Hall–Kier alpha value is -0.880. The van der Waals surface area contributed by atoms with Gasteiger partial charge in [-0.15, -0.1) is 5.10 Å². The second kappa shape index (κ2) is 5.64. The lowest BCUT2D eigenvalue weighted by Gasteiger charge is -2.06. The SMILES string of the molecule is COc1ccc(Br)c(Cn2cc(CBr)nn2)c1. The number of halogens is 2. The molecule has 17 heavy (non-hydrogen) atoms. The quantitative estimate of drug-likeness (QED) is 0.787. The number of methoxy groups -OCH3 is 1. The minimum atomic E-state index is 0.664. The maximum Gasteiger partial charge on any atom is 0.119 e. The van der Waals surface area contributed by atoms with Gasteiger partial charge >= 0.3 is 0 Å². The van der Waals surface area contributed by atoms with Crippen LogP contribution in [-0.4, -0.2) is 22.1 Å². The Balaban J connectivity index is 2.22. The highest BCUT2D eigenvalue weighted by Gasteiger charge is 2.05. The smallest absolute Gasteiger partial charge is 0.119 e. The van der Waals surface area contributed by atoms with Crippen LogP contribution in [0.4, 0.5) is 0 Å². The van der Waals surface area contributed by atoms with E-state index in [1.54, 1.807) is 11.8 Å². The van der Waals surface area contributed by atoms with Gasteiger partial charge in [0.2, 0.25) is 0 Å². The highest BCUT2D eigenvalue weighted by atomic mass is 79.9. The maximum atomic E-state index is 5.20. The monoisotopic (exact) mass is 359 g/mol. The zero-order valence-corrected chi connectivity index (χ0v) is 12.4. The van der Waals surface area contributed by atoms with Crippen molar-refractivity contribution >= 4 is 31.9 Å². The third-order valence-corrected chi connectivity index (χ3v) is 3.66. The highest BCUT2D eigenvalue weighted by Crippen LogP contribution is 2.23. The summed E-state index contributed by atoms with van der Waals surface area (Å²) in [6.45, 7) is 0.664. The van der Waals surface area contributed by atoms with Crippen LogP contribution >= 0.6 is 31.9 Å². The average Bonchev–Trinajstić information content (AvgIpc) is 2.80. The molecule has 0 atom stereocenters. The van der Waals surface area contributed by atoms with Crippen molar-refractivity contribution in [3.8, 4) is 5.75 Å². The molecule has 0 fully saturated rings. The first-order chi connectivity index (χ1) is 8.22. The Morgan fingerprint density at radius 3 is 2.88 bits per heavy atom. The molecule has 2 rings (SSSR count). The van der Waals surface area contributed by atoms with E-state index in [-0.39, 0.29) is 0 Å². The van der Waals surface area contributed by atoms with E-state index in [0.717, 1.165) is 21.5 Å². The summed E-state index contributed by atoms with van der Waals surface area (Å²) in [6, 6.07) is 5.87. The number of hydrogen-bond donors (Lipinski definition) is 0. The Labute approximate surface area is 116 Å². The predicted molar refractivity (Wildman–Crippen MR) is 72.4 cm³/mol. The van der Waals surface area contributed by atoms with Gasteiger partial charge in [0, 0.05) is 16.0 Å². The molecule has 1 heterocycles. The van der Waals surface area contributed by atoms with Crippen molar-refractivity contribution < 1.29 is 4.74 Å². The van der Waals surface area contributed by atoms with Crippen LogP contribution in [0, 0.1) is 0 Å². The molecule has 0 saturated heterocycles. The number of rotatable bonds is 4. The van der Waals surface area contributed by atoms with Gasteiger partial charge in [0.1, 0.15) is 5.75 Å². The number of alkyl halides is 1. The normalized spacial score (nSPS) is 10.5. The summed E-state index contributed by atoms with van der Waals surface area (Å²) in [5.74, 6) is 0.837. The highest BCUT2D eigenvalue weighted by molar-refractivity contribution is 9.10. The summed E-state index contributed by atoms with van der Waals surface area (Å²) in [5, 5.41) is 8.79. The second-order valence-corrected chi connectivity index (χ2v) is 4.91. The predicted octanol–water partition coefficient (Wildman–Crippen LogP) is 2.99.